The molecule has 0 bridgehead atoms. The largest absolute Gasteiger partial charge is 0.344 e. The average Bonchev–Trinajstić information content (AvgIpc) is 3.06. The van der Waals surface area contributed by atoms with Gasteiger partial charge in [-0.1, -0.05) is 32.0 Å². The standard InChI is InChI=1S/C22H32N2/c1-17(2)18-7-9-20(10-8-18)23-14-12-21(13-15-23)24-16-11-19-5-3-4-6-22(19)24/h3-6,11,16-18,20-21H,7-10,12-15H2,1-2H3. The molecule has 2 heterocycles. The first-order valence-corrected chi connectivity index (χ1v) is 10.0. The third kappa shape index (κ3) is 3.13. The van der Waals surface area contributed by atoms with E-state index in [4.69, 9.17) is 0 Å². The minimum atomic E-state index is 0.688. The van der Waals surface area contributed by atoms with Crippen LogP contribution in [0.4, 0.5) is 0 Å². The van der Waals surface area contributed by atoms with E-state index in [1.807, 2.05) is 0 Å². The van der Waals surface area contributed by atoms with Gasteiger partial charge in [0.2, 0.25) is 0 Å². The van der Waals surface area contributed by atoms with Gasteiger partial charge in [0.25, 0.3) is 0 Å². The van der Waals surface area contributed by atoms with Crippen molar-refractivity contribution in [3.8, 4) is 0 Å². The second-order valence-corrected chi connectivity index (χ2v) is 8.36. The van der Waals surface area contributed by atoms with Crippen LogP contribution in [0.3, 0.4) is 0 Å². The molecule has 1 aromatic heterocycles. The highest BCUT2D eigenvalue weighted by atomic mass is 15.2. The van der Waals surface area contributed by atoms with Crippen molar-refractivity contribution in [2.24, 2.45) is 11.8 Å². The Morgan fingerprint density at radius 1 is 0.833 bits per heavy atom. The molecule has 0 unspecified atom stereocenters. The fourth-order valence-electron chi connectivity index (χ4n) is 5.09. The molecule has 2 nitrogen and oxygen atoms in total. The number of aromatic nitrogens is 1. The fraction of sp³-hybridized carbons (Fsp3) is 0.636. The zero-order chi connectivity index (χ0) is 16.5. The first-order valence-electron chi connectivity index (χ1n) is 10.0. The molecule has 4 rings (SSSR count). The van der Waals surface area contributed by atoms with Gasteiger partial charge >= 0.3 is 0 Å². The maximum atomic E-state index is 2.80. The van der Waals surface area contributed by atoms with Gasteiger partial charge in [-0.15, -0.1) is 0 Å². The van der Waals surface area contributed by atoms with Crippen molar-refractivity contribution < 1.29 is 0 Å². The molecule has 1 aliphatic carbocycles. The van der Waals surface area contributed by atoms with Crippen molar-refractivity contribution in [1.29, 1.82) is 0 Å². The molecular formula is C22H32N2. The maximum absolute atomic E-state index is 2.80. The predicted molar refractivity (Wildman–Crippen MR) is 102 cm³/mol. The minimum absolute atomic E-state index is 0.688. The molecule has 0 spiro atoms. The highest BCUT2D eigenvalue weighted by Crippen LogP contribution is 2.35. The first kappa shape index (κ1) is 16.2. The molecular weight excluding hydrogens is 292 g/mol. The first-order chi connectivity index (χ1) is 11.7. The van der Waals surface area contributed by atoms with Gasteiger partial charge < -0.3 is 9.47 Å². The van der Waals surface area contributed by atoms with Crippen LogP contribution in [0.25, 0.3) is 10.9 Å². The number of hydrogen-bond acceptors (Lipinski definition) is 1. The van der Waals surface area contributed by atoms with Gasteiger partial charge in [0.05, 0.1) is 0 Å². The number of piperidine rings is 1. The third-order valence-corrected chi connectivity index (χ3v) is 6.72. The normalized spacial score (nSPS) is 27.1. The zero-order valence-corrected chi connectivity index (χ0v) is 15.3. The molecule has 0 atom stereocenters. The Morgan fingerprint density at radius 2 is 1.54 bits per heavy atom. The zero-order valence-electron chi connectivity index (χ0n) is 15.3. The van der Waals surface area contributed by atoms with E-state index < -0.39 is 0 Å². The van der Waals surface area contributed by atoms with Crippen molar-refractivity contribution in [2.75, 3.05) is 13.1 Å². The van der Waals surface area contributed by atoms with Crippen LogP contribution in [0.5, 0.6) is 0 Å². The molecule has 1 aromatic carbocycles. The number of benzene rings is 1. The van der Waals surface area contributed by atoms with Gasteiger partial charge in [-0.25, -0.2) is 0 Å². The summed E-state index contributed by atoms with van der Waals surface area (Å²) in [4.78, 5) is 2.80. The second kappa shape index (κ2) is 6.92. The summed E-state index contributed by atoms with van der Waals surface area (Å²) in [5.74, 6) is 1.85. The van der Waals surface area contributed by atoms with Crippen molar-refractivity contribution >= 4 is 10.9 Å². The van der Waals surface area contributed by atoms with Gasteiger partial charge in [-0.05, 0) is 67.9 Å². The Kier molecular flexibility index (Phi) is 4.67. The monoisotopic (exact) mass is 324 g/mol. The fourth-order valence-corrected chi connectivity index (χ4v) is 5.09. The second-order valence-electron chi connectivity index (χ2n) is 8.36. The summed E-state index contributed by atoms with van der Waals surface area (Å²) in [5.41, 5.74) is 1.41. The van der Waals surface area contributed by atoms with E-state index in [1.165, 1.54) is 62.5 Å². The molecule has 2 fully saturated rings. The summed E-state index contributed by atoms with van der Waals surface area (Å²) < 4.78 is 2.53. The highest BCUT2D eigenvalue weighted by molar-refractivity contribution is 5.80. The number of likely N-dealkylation sites (tertiary alicyclic amines) is 1. The van der Waals surface area contributed by atoms with E-state index in [0.717, 1.165) is 17.9 Å². The summed E-state index contributed by atoms with van der Waals surface area (Å²) in [5, 5.41) is 1.38. The Hall–Kier alpha value is -1.28. The molecule has 2 aromatic rings. The summed E-state index contributed by atoms with van der Waals surface area (Å²) >= 11 is 0. The van der Waals surface area contributed by atoms with Crippen molar-refractivity contribution in [3.63, 3.8) is 0 Å². The smallest absolute Gasteiger partial charge is 0.0482 e. The lowest BCUT2D eigenvalue weighted by Crippen LogP contribution is -2.43. The molecule has 1 aliphatic heterocycles. The summed E-state index contributed by atoms with van der Waals surface area (Å²) in [6.45, 7) is 7.37. The molecule has 24 heavy (non-hydrogen) atoms. The molecule has 2 heteroatoms. The molecule has 1 saturated heterocycles. The van der Waals surface area contributed by atoms with E-state index in [9.17, 15) is 0 Å². The van der Waals surface area contributed by atoms with Crippen molar-refractivity contribution in [3.05, 3.63) is 36.5 Å². The van der Waals surface area contributed by atoms with Gasteiger partial charge in [-0.3, -0.25) is 0 Å². The van der Waals surface area contributed by atoms with Crippen LogP contribution in [-0.4, -0.2) is 28.6 Å². The Bertz CT molecular complexity index is 655. The molecule has 0 amide bonds. The molecule has 1 saturated carbocycles. The molecule has 2 aliphatic rings. The van der Waals surface area contributed by atoms with Crippen LogP contribution in [0, 0.1) is 11.8 Å². The van der Waals surface area contributed by atoms with Crippen molar-refractivity contribution in [2.45, 2.75) is 64.5 Å². The average molecular weight is 325 g/mol. The number of rotatable bonds is 3. The van der Waals surface area contributed by atoms with Crippen molar-refractivity contribution in [1.82, 2.24) is 9.47 Å². The van der Waals surface area contributed by atoms with Crippen LogP contribution in [0.15, 0.2) is 36.5 Å². The minimum Gasteiger partial charge on any atom is -0.344 e. The maximum Gasteiger partial charge on any atom is 0.0482 e. The van der Waals surface area contributed by atoms with Gasteiger partial charge in [0.15, 0.2) is 0 Å². The van der Waals surface area contributed by atoms with Crippen LogP contribution in [-0.2, 0) is 0 Å². The molecule has 0 N–H and O–H groups in total. The number of hydrogen-bond donors (Lipinski definition) is 0. The lowest BCUT2D eigenvalue weighted by Gasteiger charge is -2.42. The number of nitrogens with zero attached hydrogens (tertiary/aromatic N) is 2. The van der Waals surface area contributed by atoms with E-state index >= 15 is 0 Å². The van der Waals surface area contributed by atoms with Gasteiger partial charge in [0, 0.05) is 36.9 Å². The summed E-state index contributed by atoms with van der Waals surface area (Å²) in [6, 6.07) is 12.6. The molecule has 130 valence electrons. The van der Waals surface area contributed by atoms with Crippen LogP contribution in [0.2, 0.25) is 0 Å². The predicted octanol–water partition coefficient (Wildman–Crippen LogP) is 5.49. The SMILES string of the molecule is CC(C)C1CCC(N2CCC(n3ccc4ccccc43)CC2)CC1. The van der Waals surface area contributed by atoms with Crippen LogP contribution < -0.4 is 0 Å². The van der Waals surface area contributed by atoms with Crippen LogP contribution >= 0.6 is 0 Å². The number of para-hydroxylation sites is 1. The Morgan fingerprint density at radius 3 is 2.25 bits per heavy atom. The lowest BCUT2D eigenvalue weighted by atomic mass is 9.79. The van der Waals surface area contributed by atoms with E-state index in [-0.39, 0.29) is 0 Å². The van der Waals surface area contributed by atoms with Gasteiger partial charge in [0.1, 0.15) is 0 Å². The Balaban J connectivity index is 1.36. The van der Waals surface area contributed by atoms with E-state index in [2.05, 4.69) is 59.8 Å². The van der Waals surface area contributed by atoms with E-state index in [0.29, 0.717) is 6.04 Å². The highest BCUT2D eigenvalue weighted by Gasteiger charge is 2.30. The quantitative estimate of drug-likeness (QED) is 0.724. The summed E-state index contributed by atoms with van der Waals surface area (Å²) in [7, 11) is 0. The lowest BCUT2D eigenvalue weighted by molar-refractivity contribution is 0.0894. The van der Waals surface area contributed by atoms with Crippen LogP contribution in [0.1, 0.15) is 58.4 Å². The van der Waals surface area contributed by atoms with E-state index in [1.54, 1.807) is 0 Å². The van der Waals surface area contributed by atoms with Gasteiger partial charge in [-0.2, -0.15) is 0 Å². The number of fused-ring (bicyclic) bond motifs is 1. The Labute approximate surface area is 146 Å². The molecule has 0 radical (unpaired) electrons. The third-order valence-electron chi connectivity index (χ3n) is 6.72. The summed E-state index contributed by atoms with van der Waals surface area (Å²) in [6.07, 6.45) is 10.7. The topological polar surface area (TPSA) is 8.17 Å².